The number of anilines is 1. The van der Waals surface area contributed by atoms with Crippen LogP contribution in [0, 0.1) is 6.92 Å². The molecule has 0 aliphatic carbocycles. The number of ether oxygens (including phenoxy) is 1. The highest BCUT2D eigenvalue weighted by atomic mass is 16.5. The van der Waals surface area contributed by atoms with E-state index in [-0.39, 0.29) is 18.4 Å². The summed E-state index contributed by atoms with van der Waals surface area (Å²) >= 11 is 0. The number of benzene rings is 1. The van der Waals surface area contributed by atoms with E-state index in [9.17, 15) is 9.59 Å². The maximum Gasteiger partial charge on any atom is 0.249 e. The predicted octanol–water partition coefficient (Wildman–Crippen LogP) is 0.855. The minimum absolute atomic E-state index is 0.0307. The summed E-state index contributed by atoms with van der Waals surface area (Å²) in [5, 5.41) is 2.61. The van der Waals surface area contributed by atoms with Gasteiger partial charge in [0.1, 0.15) is 18.3 Å². The van der Waals surface area contributed by atoms with E-state index in [4.69, 9.17) is 4.74 Å². The molecule has 1 saturated heterocycles. The second-order valence-corrected chi connectivity index (χ2v) is 4.39. The summed E-state index contributed by atoms with van der Waals surface area (Å²) in [5.74, 6) is 0.306. The van der Waals surface area contributed by atoms with Crippen LogP contribution in [-0.4, -0.2) is 31.5 Å². The molecule has 1 heterocycles. The van der Waals surface area contributed by atoms with Gasteiger partial charge in [-0.15, -0.1) is 0 Å². The van der Waals surface area contributed by atoms with Gasteiger partial charge in [-0.05, 0) is 31.5 Å². The lowest BCUT2D eigenvalue weighted by Crippen LogP contribution is -2.57. The van der Waals surface area contributed by atoms with Crippen LogP contribution in [-0.2, 0) is 9.59 Å². The zero-order valence-corrected chi connectivity index (χ0v) is 10.7. The Morgan fingerprint density at radius 2 is 2.11 bits per heavy atom. The van der Waals surface area contributed by atoms with Gasteiger partial charge in [-0.25, -0.2) is 0 Å². The van der Waals surface area contributed by atoms with Crippen molar-refractivity contribution in [2.45, 2.75) is 19.9 Å². The van der Waals surface area contributed by atoms with Crippen molar-refractivity contribution in [2.24, 2.45) is 0 Å². The molecule has 2 amide bonds. The number of piperazine rings is 1. The highest BCUT2D eigenvalue weighted by Gasteiger charge is 2.31. The van der Waals surface area contributed by atoms with Crippen molar-refractivity contribution in [3.63, 3.8) is 0 Å². The molecule has 18 heavy (non-hydrogen) atoms. The van der Waals surface area contributed by atoms with Crippen molar-refractivity contribution in [2.75, 3.05) is 18.6 Å². The molecule has 1 aromatic carbocycles. The van der Waals surface area contributed by atoms with Crippen molar-refractivity contribution in [1.29, 1.82) is 0 Å². The molecule has 5 heteroatoms. The fraction of sp³-hybridized carbons (Fsp3) is 0.385. The standard InChI is InChI=1S/C13H16N2O3/c1-8-4-5-11(18-3)10(6-8)15-7-12(16)14-9(2)13(15)17/h4-6,9H,7H2,1-3H3,(H,14,16). The number of rotatable bonds is 2. The summed E-state index contributed by atoms with van der Waals surface area (Å²) < 4.78 is 5.25. The van der Waals surface area contributed by atoms with Crippen molar-refractivity contribution >= 4 is 17.5 Å². The normalized spacial score (nSPS) is 19.7. The van der Waals surface area contributed by atoms with Crippen LogP contribution in [0.2, 0.25) is 0 Å². The quantitative estimate of drug-likeness (QED) is 0.844. The topological polar surface area (TPSA) is 58.6 Å². The second-order valence-electron chi connectivity index (χ2n) is 4.39. The minimum atomic E-state index is -0.503. The van der Waals surface area contributed by atoms with Crippen molar-refractivity contribution in [3.8, 4) is 5.75 Å². The van der Waals surface area contributed by atoms with E-state index in [1.54, 1.807) is 20.1 Å². The number of aryl methyl sites for hydroxylation is 1. The molecule has 1 unspecified atom stereocenters. The molecule has 0 saturated carbocycles. The molecule has 1 atom stereocenters. The van der Waals surface area contributed by atoms with Crippen LogP contribution < -0.4 is 15.0 Å². The van der Waals surface area contributed by atoms with Crippen molar-refractivity contribution < 1.29 is 14.3 Å². The molecule has 96 valence electrons. The fourth-order valence-corrected chi connectivity index (χ4v) is 2.02. The van der Waals surface area contributed by atoms with Gasteiger partial charge in [-0.1, -0.05) is 6.07 Å². The predicted molar refractivity (Wildman–Crippen MR) is 67.7 cm³/mol. The van der Waals surface area contributed by atoms with Gasteiger partial charge in [0.2, 0.25) is 11.8 Å². The number of carbonyl (C=O) groups is 2. The Labute approximate surface area is 106 Å². The number of carbonyl (C=O) groups excluding carboxylic acids is 2. The summed E-state index contributed by atoms with van der Waals surface area (Å²) in [6.45, 7) is 3.64. The summed E-state index contributed by atoms with van der Waals surface area (Å²) in [6, 6.07) is 5.05. The first kappa shape index (κ1) is 12.4. The number of methoxy groups -OCH3 is 1. The number of amides is 2. The zero-order chi connectivity index (χ0) is 13.3. The van der Waals surface area contributed by atoms with E-state index < -0.39 is 6.04 Å². The van der Waals surface area contributed by atoms with Gasteiger partial charge in [0, 0.05) is 0 Å². The molecule has 5 nitrogen and oxygen atoms in total. The van der Waals surface area contributed by atoms with E-state index in [0.717, 1.165) is 5.56 Å². The van der Waals surface area contributed by atoms with Crippen molar-refractivity contribution in [1.82, 2.24) is 5.32 Å². The number of hydrogen-bond donors (Lipinski definition) is 1. The van der Waals surface area contributed by atoms with Crippen molar-refractivity contribution in [3.05, 3.63) is 23.8 Å². The second kappa shape index (κ2) is 4.68. The van der Waals surface area contributed by atoms with Crippen LogP contribution in [0.25, 0.3) is 0 Å². The van der Waals surface area contributed by atoms with Crippen LogP contribution >= 0.6 is 0 Å². The molecule has 1 aliphatic heterocycles. The summed E-state index contributed by atoms with van der Waals surface area (Å²) in [7, 11) is 1.55. The first-order valence-corrected chi connectivity index (χ1v) is 5.78. The molecule has 2 rings (SSSR count). The van der Waals surface area contributed by atoms with Gasteiger partial charge >= 0.3 is 0 Å². The lowest BCUT2D eigenvalue weighted by Gasteiger charge is -2.31. The van der Waals surface area contributed by atoms with Crippen LogP contribution in [0.1, 0.15) is 12.5 Å². The largest absolute Gasteiger partial charge is 0.495 e. The maximum absolute atomic E-state index is 12.1. The zero-order valence-electron chi connectivity index (χ0n) is 10.7. The Morgan fingerprint density at radius 3 is 2.78 bits per heavy atom. The lowest BCUT2D eigenvalue weighted by molar-refractivity contribution is -0.130. The third-order valence-corrected chi connectivity index (χ3v) is 2.94. The van der Waals surface area contributed by atoms with Gasteiger partial charge in [-0.2, -0.15) is 0 Å². The molecular formula is C13H16N2O3. The summed E-state index contributed by atoms with van der Waals surface area (Å²) in [4.78, 5) is 25.1. The molecular weight excluding hydrogens is 232 g/mol. The Bertz CT molecular complexity index is 499. The Kier molecular flexibility index (Phi) is 3.23. The molecule has 1 aliphatic rings. The number of hydrogen-bond acceptors (Lipinski definition) is 3. The molecule has 1 fully saturated rings. The van der Waals surface area contributed by atoms with E-state index in [0.29, 0.717) is 11.4 Å². The van der Waals surface area contributed by atoms with Crippen LogP contribution in [0.4, 0.5) is 5.69 Å². The molecule has 0 spiro atoms. The Hall–Kier alpha value is -2.04. The Balaban J connectivity index is 2.43. The highest BCUT2D eigenvalue weighted by Crippen LogP contribution is 2.30. The van der Waals surface area contributed by atoms with Crippen LogP contribution in [0.3, 0.4) is 0 Å². The van der Waals surface area contributed by atoms with Gasteiger partial charge in [-0.3, -0.25) is 14.5 Å². The van der Waals surface area contributed by atoms with Gasteiger partial charge in [0.15, 0.2) is 0 Å². The average molecular weight is 248 g/mol. The summed E-state index contributed by atoms with van der Waals surface area (Å²) in [5.41, 5.74) is 1.65. The third kappa shape index (κ3) is 2.16. The van der Waals surface area contributed by atoms with E-state index in [1.165, 1.54) is 4.90 Å². The monoisotopic (exact) mass is 248 g/mol. The van der Waals surface area contributed by atoms with E-state index >= 15 is 0 Å². The molecule has 0 aromatic heterocycles. The highest BCUT2D eigenvalue weighted by molar-refractivity contribution is 6.07. The minimum Gasteiger partial charge on any atom is -0.495 e. The van der Waals surface area contributed by atoms with Crippen LogP contribution in [0.15, 0.2) is 18.2 Å². The van der Waals surface area contributed by atoms with E-state index in [2.05, 4.69) is 5.32 Å². The first-order chi connectivity index (χ1) is 8.52. The molecule has 0 radical (unpaired) electrons. The molecule has 1 N–H and O–H groups in total. The van der Waals surface area contributed by atoms with Crippen LogP contribution in [0.5, 0.6) is 5.75 Å². The van der Waals surface area contributed by atoms with Gasteiger partial charge in [0.25, 0.3) is 0 Å². The fourth-order valence-electron chi connectivity index (χ4n) is 2.02. The first-order valence-electron chi connectivity index (χ1n) is 5.78. The molecule has 1 aromatic rings. The Morgan fingerprint density at radius 1 is 1.39 bits per heavy atom. The number of nitrogens with one attached hydrogen (secondary N) is 1. The van der Waals surface area contributed by atoms with Gasteiger partial charge in [0.05, 0.1) is 12.8 Å². The molecule has 0 bridgehead atoms. The lowest BCUT2D eigenvalue weighted by atomic mass is 10.1. The number of nitrogens with zero attached hydrogens (tertiary/aromatic N) is 1. The summed E-state index contributed by atoms with van der Waals surface area (Å²) in [6.07, 6.45) is 0. The van der Waals surface area contributed by atoms with Gasteiger partial charge < -0.3 is 10.1 Å². The third-order valence-electron chi connectivity index (χ3n) is 2.94. The smallest absolute Gasteiger partial charge is 0.249 e. The average Bonchev–Trinajstić information content (AvgIpc) is 2.33. The SMILES string of the molecule is COc1ccc(C)cc1N1CC(=O)NC(C)C1=O. The van der Waals surface area contributed by atoms with E-state index in [1.807, 2.05) is 19.1 Å². The maximum atomic E-state index is 12.1.